The van der Waals surface area contributed by atoms with Crippen LogP contribution >= 0.6 is 0 Å². The number of Topliss-reactive ketones (excluding diaryl/α,β-unsaturated/α-hetero) is 1. The smallest absolute Gasteiger partial charge is 0.209 e. The Morgan fingerprint density at radius 3 is 2.76 bits per heavy atom. The fourth-order valence-corrected chi connectivity index (χ4v) is 3.42. The molecular weight excluding hydrogens is 322 g/mol. The first-order valence-corrected chi connectivity index (χ1v) is 7.95. The Morgan fingerprint density at radius 2 is 2.00 bits per heavy atom. The quantitative estimate of drug-likeness (QED) is 0.662. The number of phenolic OH excluding ortho intramolecular Hbond substituents is 1. The maximum Gasteiger partial charge on any atom is 0.209 e. The topological polar surface area (TPSA) is 105 Å². The van der Waals surface area contributed by atoms with E-state index in [1.807, 2.05) is 18.2 Å². The van der Waals surface area contributed by atoms with Gasteiger partial charge in [-0.3, -0.25) is 10.2 Å². The number of carbonyl (C=O) groups excluding carboxylic acids is 1. The van der Waals surface area contributed by atoms with Crippen LogP contribution in [0.4, 0.5) is 5.69 Å². The highest BCUT2D eigenvalue weighted by Crippen LogP contribution is 2.43. The zero-order valence-electron chi connectivity index (χ0n) is 13.3. The molecular formula is C18H17N3O4. The van der Waals surface area contributed by atoms with Crippen molar-refractivity contribution in [1.29, 1.82) is 0 Å². The van der Waals surface area contributed by atoms with Crippen molar-refractivity contribution in [2.75, 3.05) is 18.2 Å². The Morgan fingerprint density at radius 1 is 1.20 bits per heavy atom. The molecule has 1 unspecified atom stereocenters. The van der Waals surface area contributed by atoms with E-state index in [0.29, 0.717) is 34.6 Å². The average molecular weight is 339 g/mol. The summed E-state index contributed by atoms with van der Waals surface area (Å²) in [5.41, 5.74) is 6.03. The second kappa shape index (κ2) is 5.87. The van der Waals surface area contributed by atoms with Gasteiger partial charge in [-0.15, -0.1) is 0 Å². The lowest BCUT2D eigenvalue weighted by Crippen LogP contribution is -2.43. The average Bonchev–Trinajstić information content (AvgIpc) is 3.12. The van der Waals surface area contributed by atoms with Crippen LogP contribution in [0.3, 0.4) is 0 Å². The predicted molar refractivity (Wildman–Crippen MR) is 92.2 cm³/mol. The number of fused-ring (bicyclic) bond motifs is 3. The molecule has 2 aliphatic heterocycles. The number of aromatic hydroxyl groups is 1. The van der Waals surface area contributed by atoms with Gasteiger partial charge >= 0.3 is 0 Å². The third-order valence-electron chi connectivity index (χ3n) is 4.68. The van der Waals surface area contributed by atoms with E-state index in [1.54, 1.807) is 17.0 Å². The third kappa shape index (κ3) is 2.28. The van der Waals surface area contributed by atoms with Crippen LogP contribution in [0, 0.1) is 0 Å². The first kappa shape index (κ1) is 15.6. The van der Waals surface area contributed by atoms with E-state index >= 15 is 0 Å². The first-order valence-electron chi connectivity index (χ1n) is 7.95. The van der Waals surface area contributed by atoms with Gasteiger partial charge in [0.05, 0.1) is 19.1 Å². The van der Waals surface area contributed by atoms with Crippen molar-refractivity contribution in [3.05, 3.63) is 47.5 Å². The molecule has 1 atom stereocenters. The Labute approximate surface area is 143 Å². The molecule has 7 nitrogen and oxygen atoms in total. The molecule has 0 saturated heterocycles. The lowest BCUT2D eigenvalue weighted by molar-refractivity contribution is -0.115. The number of hydrogen-bond donors (Lipinski definition) is 4. The van der Waals surface area contributed by atoms with Crippen LogP contribution < -0.4 is 10.3 Å². The Balaban J connectivity index is 1.93. The summed E-state index contributed by atoms with van der Waals surface area (Å²) in [6.07, 6.45) is 0. The van der Waals surface area contributed by atoms with Crippen LogP contribution in [0.15, 0.2) is 41.5 Å². The van der Waals surface area contributed by atoms with Crippen molar-refractivity contribution in [2.24, 2.45) is 5.10 Å². The lowest BCUT2D eigenvalue weighted by atomic mass is 9.86. The second-order valence-electron chi connectivity index (χ2n) is 6.02. The Kier molecular flexibility index (Phi) is 3.67. The molecule has 0 aliphatic carbocycles. The van der Waals surface area contributed by atoms with Gasteiger partial charge < -0.3 is 20.2 Å². The Bertz CT molecular complexity index is 894. The molecule has 2 heterocycles. The van der Waals surface area contributed by atoms with E-state index in [4.69, 9.17) is 0 Å². The molecule has 25 heavy (non-hydrogen) atoms. The number of hydrazone groups is 1. The molecule has 128 valence electrons. The molecule has 0 aromatic heterocycles. The van der Waals surface area contributed by atoms with Crippen molar-refractivity contribution in [2.45, 2.75) is 12.5 Å². The molecule has 4 rings (SSSR count). The number of phenols is 1. The molecule has 0 radical (unpaired) electrons. The predicted octanol–water partition coefficient (Wildman–Crippen LogP) is 0.891. The molecule has 0 spiro atoms. The number of aliphatic hydroxyl groups excluding tert-OH is 2. The van der Waals surface area contributed by atoms with Gasteiger partial charge in [-0.05, 0) is 28.8 Å². The van der Waals surface area contributed by atoms with Gasteiger partial charge in [-0.2, -0.15) is 5.10 Å². The van der Waals surface area contributed by atoms with Crippen LogP contribution in [0.2, 0.25) is 0 Å². The number of amidine groups is 1. The highest BCUT2D eigenvalue weighted by molar-refractivity contribution is 6.47. The highest BCUT2D eigenvalue weighted by Gasteiger charge is 2.40. The normalized spacial score (nSPS) is 18.5. The minimum absolute atomic E-state index is 0.00144. The maximum absolute atomic E-state index is 12.5. The number of carbonyl (C=O) groups is 1. The number of benzene rings is 2. The Hall–Kier alpha value is -2.90. The first-order chi connectivity index (χ1) is 12.2. The van der Waals surface area contributed by atoms with Crippen LogP contribution in [0.5, 0.6) is 5.75 Å². The summed E-state index contributed by atoms with van der Waals surface area (Å²) in [7, 11) is 0. The molecule has 0 fully saturated rings. The standard InChI is InChI=1S/C18H17N3O4/c22-7-10-3-1-2-4-11(10)13-5-15-12(6-16(13)24)14(8-23)17(25)18-20-19-9-21(15)18/h1-6,14,19,22-24H,7-9H2. The number of anilines is 1. The van der Waals surface area contributed by atoms with E-state index in [9.17, 15) is 20.1 Å². The molecule has 0 saturated carbocycles. The summed E-state index contributed by atoms with van der Waals surface area (Å²) in [5, 5.41) is 33.8. The SMILES string of the molecule is O=C1C2=NNCN2c2cc(-c3ccccc3CO)c(O)cc2C1CO. The van der Waals surface area contributed by atoms with Gasteiger partial charge in [0.1, 0.15) is 12.4 Å². The summed E-state index contributed by atoms with van der Waals surface area (Å²) >= 11 is 0. The molecule has 0 amide bonds. The molecule has 2 aliphatic rings. The van der Waals surface area contributed by atoms with Gasteiger partial charge in [0, 0.05) is 11.3 Å². The summed E-state index contributed by atoms with van der Waals surface area (Å²) in [6.45, 7) is -0.161. The van der Waals surface area contributed by atoms with Gasteiger partial charge in [0.25, 0.3) is 0 Å². The van der Waals surface area contributed by atoms with Gasteiger partial charge in [0.15, 0.2) is 5.84 Å². The molecule has 2 aromatic rings. The molecule has 0 bridgehead atoms. The van der Waals surface area contributed by atoms with E-state index in [2.05, 4.69) is 10.5 Å². The summed E-state index contributed by atoms with van der Waals surface area (Å²) in [6, 6.07) is 10.6. The lowest BCUT2D eigenvalue weighted by Gasteiger charge is -2.31. The third-order valence-corrected chi connectivity index (χ3v) is 4.68. The van der Waals surface area contributed by atoms with Gasteiger partial charge in [-0.25, -0.2) is 0 Å². The summed E-state index contributed by atoms with van der Waals surface area (Å²) in [4.78, 5) is 14.2. The molecule has 4 N–H and O–H groups in total. The zero-order chi connectivity index (χ0) is 17.6. The van der Waals surface area contributed by atoms with Crippen molar-refractivity contribution in [3.8, 4) is 16.9 Å². The largest absolute Gasteiger partial charge is 0.507 e. The second-order valence-corrected chi connectivity index (χ2v) is 6.02. The number of nitrogens with one attached hydrogen (secondary N) is 1. The number of nitrogens with zero attached hydrogens (tertiary/aromatic N) is 2. The van der Waals surface area contributed by atoms with E-state index < -0.39 is 5.92 Å². The zero-order valence-corrected chi connectivity index (χ0v) is 13.3. The van der Waals surface area contributed by atoms with Crippen LogP contribution in [0.25, 0.3) is 11.1 Å². The minimum Gasteiger partial charge on any atom is -0.507 e. The van der Waals surface area contributed by atoms with Crippen LogP contribution in [-0.2, 0) is 11.4 Å². The number of rotatable bonds is 3. The monoisotopic (exact) mass is 339 g/mol. The van der Waals surface area contributed by atoms with Crippen LogP contribution in [0.1, 0.15) is 17.0 Å². The number of hydrogen-bond acceptors (Lipinski definition) is 7. The fraction of sp³-hybridized carbons (Fsp3) is 0.222. The van der Waals surface area contributed by atoms with E-state index in [1.165, 1.54) is 6.07 Å². The molecule has 7 heteroatoms. The maximum atomic E-state index is 12.5. The summed E-state index contributed by atoms with van der Waals surface area (Å²) < 4.78 is 0. The van der Waals surface area contributed by atoms with Gasteiger partial charge in [0.2, 0.25) is 5.78 Å². The van der Waals surface area contributed by atoms with E-state index in [0.717, 1.165) is 0 Å². The van der Waals surface area contributed by atoms with Crippen molar-refractivity contribution >= 4 is 17.3 Å². The van der Waals surface area contributed by atoms with Crippen LogP contribution in [-0.4, -0.2) is 40.2 Å². The highest BCUT2D eigenvalue weighted by atomic mass is 16.3. The summed E-state index contributed by atoms with van der Waals surface area (Å²) in [5.74, 6) is -0.766. The van der Waals surface area contributed by atoms with Crippen molar-refractivity contribution < 1.29 is 20.1 Å². The van der Waals surface area contributed by atoms with Gasteiger partial charge in [-0.1, -0.05) is 24.3 Å². The van der Waals surface area contributed by atoms with E-state index in [-0.39, 0.29) is 30.6 Å². The number of aliphatic hydroxyl groups is 2. The molecule has 2 aromatic carbocycles. The van der Waals surface area contributed by atoms with Crippen molar-refractivity contribution in [1.82, 2.24) is 5.43 Å². The van der Waals surface area contributed by atoms with Crippen molar-refractivity contribution in [3.63, 3.8) is 0 Å². The fourth-order valence-electron chi connectivity index (χ4n) is 3.42. The number of ketones is 1. The minimum atomic E-state index is -0.752.